The average molecular weight is 570 g/mol. The summed E-state index contributed by atoms with van der Waals surface area (Å²) in [5, 5.41) is 15.4. The maximum absolute atomic E-state index is 12.6. The lowest BCUT2D eigenvalue weighted by atomic mass is 10.0. The van der Waals surface area contributed by atoms with Gasteiger partial charge in [0.15, 0.2) is 10.8 Å². The third kappa shape index (κ3) is 4.42. The monoisotopic (exact) mass is 568 g/mol. The molecule has 0 saturated carbocycles. The standard InChI is InChI=1S/C25H22BrClN6O3/c1-3-7-19-28-23(27)21(25(34)35-4-2)33(19)13-14-10-11-18-17(12-14)20(26)22(36-18)15-8-5-6-9-16(15)24-29-31-32-30-24/h5-6,8-12H,3-4,7,13H2,1-2H3,(H,29,30,31,32). The van der Waals surface area contributed by atoms with E-state index in [2.05, 4.69) is 48.5 Å². The number of furan rings is 1. The van der Waals surface area contributed by atoms with E-state index in [0.717, 1.165) is 38.8 Å². The molecule has 36 heavy (non-hydrogen) atoms. The number of fused-ring (bicyclic) bond motifs is 1. The van der Waals surface area contributed by atoms with Crippen LogP contribution in [0.1, 0.15) is 42.1 Å². The Bertz CT molecular complexity index is 1540. The molecule has 0 aliphatic rings. The van der Waals surface area contributed by atoms with Crippen LogP contribution in [0.3, 0.4) is 0 Å². The molecule has 2 aromatic carbocycles. The lowest BCUT2D eigenvalue weighted by molar-refractivity contribution is 0.0514. The van der Waals surface area contributed by atoms with Crippen LogP contribution in [0.5, 0.6) is 0 Å². The highest BCUT2D eigenvalue weighted by Crippen LogP contribution is 2.41. The summed E-state index contributed by atoms with van der Waals surface area (Å²) in [6.07, 6.45) is 1.55. The number of esters is 1. The average Bonchev–Trinajstić information content (AvgIpc) is 3.59. The molecule has 0 unspecified atom stereocenters. The number of carbonyl (C=O) groups is 1. The summed E-state index contributed by atoms with van der Waals surface area (Å²) in [5.74, 6) is 1.40. The van der Waals surface area contributed by atoms with Gasteiger partial charge >= 0.3 is 5.97 Å². The van der Waals surface area contributed by atoms with Crippen LogP contribution in [0.2, 0.25) is 5.15 Å². The van der Waals surface area contributed by atoms with Gasteiger partial charge in [-0.1, -0.05) is 48.9 Å². The zero-order chi connectivity index (χ0) is 25.2. The van der Waals surface area contributed by atoms with Crippen LogP contribution in [0.25, 0.3) is 33.7 Å². The number of aromatic amines is 1. The number of rotatable bonds is 8. The van der Waals surface area contributed by atoms with Crippen molar-refractivity contribution in [2.75, 3.05) is 6.61 Å². The second kappa shape index (κ2) is 10.2. The molecule has 0 atom stereocenters. The number of aromatic nitrogens is 6. The van der Waals surface area contributed by atoms with Gasteiger partial charge in [-0.3, -0.25) is 0 Å². The molecule has 0 aliphatic carbocycles. The number of ether oxygens (including phenoxy) is 1. The van der Waals surface area contributed by atoms with Crippen molar-refractivity contribution < 1.29 is 13.9 Å². The first kappa shape index (κ1) is 24.2. The minimum atomic E-state index is -0.483. The van der Waals surface area contributed by atoms with Gasteiger partial charge in [0.25, 0.3) is 0 Å². The molecule has 0 aliphatic heterocycles. The summed E-state index contributed by atoms with van der Waals surface area (Å²) in [6.45, 7) is 4.48. The summed E-state index contributed by atoms with van der Waals surface area (Å²) >= 11 is 10.1. The van der Waals surface area contributed by atoms with Crippen molar-refractivity contribution in [2.24, 2.45) is 0 Å². The van der Waals surface area contributed by atoms with Gasteiger partial charge < -0.3 is 13.7 Å². The number of hydrogen-bond donors (Lipinski definition) is 1. The van der Waals surface area contributed by atoms with Gasteiger partial charge in [-0.15, -0.1) is 10.2 Å². The van der Waals surface area contributed by atoms with Gasteiger partial charge in [0, 0.05) is 29.5 Å². The first-order chi connectivity index (χ1) is 17.5. The number of imidazole rings is 1. The highest BCUT2D eigenvalue weighted by molar-refractivity contribution is 9.10. The number of H-pyrrole nitrogens is 1. The van der Waals surface area contributed by atoms with E-state index in [1.54, 1.807) is 6.92 Å². The largest absolute Gasteiger partial charge is 0.461 e. The highest BCUT2D eigenvalue weighted by atomic mass is 79.9. The normalized spacial score (nSPS) is 11.3. The fourth-order valence-corrected chi connectivity index (χ4v) is 5.05. The minimum Gasteiger partial charge on any atom is -0.461 e. The van der Waals surface area contributed by atoms with E-state index in [9.17, 15) is 4.79 Å². The molecule has 5 aromatic rings. The van der Waals surface area contributed by atoms with Crippen LogP contribution in [0.15, 0.2) is 51.4 Å². The summed E-state index contributed by atoms with van der Waals surface area (Å²) < 4.78 is 14.1. The Kier molecular flexibility index (Phi) is 6.88. The van der Waals surface area contributed by atoms with Crippen molar-refractivity contribution >= 4 is 44.5 Å². The predicted octanol–water partition coefficient (Wildman–Crippen LogP) is 6.07. The molecular formula is C25H22BrClN6O3. The Morgan fingerprint density at radius 3 is 2.72 bits per heavy atom. The van der Waals surface area contributed by atoms with Crippen molar-refractivity contribution in [3.8, 4) is 22.7 Å². The van der Waals surface area contributed by atoms with Gasteiger partial charge in [0.05, 0.1) is 11.1 Å². The van der Waals surface area contributed by atoms with E-state index >= 15 is 0 Å². The molecule has 11 heteroatoms. The van der Waals surface area contributed by atoms with Gasteiger partial charge in [-0.05, 0) is 52.2 Å². The number of benzene rings is 2. The molecule has 0 fully saturated rings. The lowest BCUT2D eigenvalue weighted by Gasteiger charge is -2.11. The van der Waals surface area contributed by atoms with Crippen molar-refractivity contribution in [1.29, 1.82) is 0 Å². The van der Waals surface area contributed by atoms with E-state index < -0.39 is 5.97 Å². The molecule has 9 nitrogen and oxygen atoms in total. The fraction of sp³-hybridized carbons (Fsp3) is 0.240. The van der Waals surface area contributed by atoms with Crippen LogP contribution < -0.4 is 0 Å². The molecule has 0 saturated heterocycles. The molecule has 0 amide bonds. The minimum absolute atomic E-state index is 0.155. The number of hydrogen-bond acceptors (Lipinski definition) is 7. The van der Waals surface area contributed by atoms with Crippen LogP contribution >= 0.6 is 27.5 Å². The summed E-state index contributed by atoms with van der Waals surface area (Å²) in [4.78, 5) is 17.1. The van der Waals surface area contributed by atoms with E-state index in [-0.39, 0.29) is 17.5 Å². The molecule has 0 bridgehead atoms. The second-order valence-electron chi connectivity index (χ2n) is 8.08. The third-order valence-electron chi connectivity index (χ3n) is 5.74. The Labute approximate surface area is 219 Å². The number of aryl methyl sites for hydroxylation is 1. The smallest absolute Gasteiger partial charge is 0.358 e. The zero-order valence-electron chi connectivity index (χ0n) is 19.6. The number of halogens is 2. The molecule has 0 radical (unpaired) electrons. The van der Waals surface area contributed by atoms with E-state index in [1.807, 2.05) is 47.0 Å². The van der Waals surface area contributed by atoms with Gasteiger partial charge in [-0.25, -0.2) is 9.78 Å². The SMILES string of the molecule is CCCc1nc(Cl)c(C(=O)OCC)n1Cc1ccc2oc(-c3ccccc3-c3nn[nH]n3)c(Br)c2c1. The van der Waals surface area contributed by atoms with Crippen molar-refractivity contribution in [1.82, 2.24) is 30.2 Å². The van der Waals surface area contributed by atoms with Gasteiger partial charge in [0.2, 0.25) is 5.82 Å². The second-order valence-corrected chi connectivity index (χ2v) is 9.23. The number of nitrogens with zero attached hydrogens (tertiary/aromatic N) is 5. The van der Waals surface area contributed by atoms with Crippen LogP contribution in [-0.2, 0) is 17.7 Å². The highest BCUT2D eigenvalue weighted by Gasteiger charge is 2.24. The van der Waals surface area contributed by atoms with Crippen LogP contribution in [-0.4, -0.2) is 42.8 Å². The van der Waals surface area contributed by atoms with Gasteiger partial charge in [-0.2, -0.15) is 5.21 Å². The maximum Gasteiger partial charge on any atom is 0.358 e. The zero-order valence-corrected chi connectivity index (χ0v) is 21.9. The molecular weight excluding hydrogens is 548 g/mol. The maximum atomic E-state index is 12.6. The first-order valence-electron chi connectivity index (χ1n) is 11.5. The van der Waals surface area contributed by atoms with Gasteiger partial charge in [0.1, 0.15) is 17.2 Å². The molecule has 0 spiro atoms. The number of carbonyl (C=O) groups excluding carboxylic acids is 1. The number of tetrazole rings is 1. The van der Waals surface area contributed by atoms with Crippen molar-refractivity contribution in [2.45, 2.75) is 33.2 Å². The predicted molar refractivity (Wildman–Crippen MR) is 139 cm³/mol. The quantitative estimate of drug-likeness (QED) is 0.226. The lowest BCUT2D eigenvalue weighted by Crippen LogP contribution is -2.15. The van der Waals surface area contributed by atoms with Crippen molar-refractivity contribution in [3.63, 3.8) is 0 Å². The Hall–Kier alpha value is -3.50. The van der Waals surface area contributed by atoms with E-state index in [0.29, 0.717) is 30.1 Å². The third-order valence-corrected chi connectivity index (χ3v) is 6.79. The number of nitrogens with one attached hydrogen (secondary N) is 1. The summed E-state index contributed by atoms with van der Waals surface area (Å²) in [6, 6.07) is 13.6. The first-order valence-corrected chi connectivity index (χ1v) is 12.6. The summed E-state index contributed by atoms with van der Waals surface area (Å²) in [7, 11) is 0. The molecule has 5 rings (SSSR count). The van der Waals surface area contributed by atoms with E-state index in [4.69, 9.17) is 20.8 Å². The fourth-order valence-electron chi connectivity index (χ4n) is 4.17. The summed E-state index contributed by atoms with van der Waals surface area (Å²) in [5.41, 5.74) is 3.57. The van der Waals surface area contributed by atoms with Crippen molar-refractivity contribution in [3.05, 3.63) is 69.2 Å². The molecule has 3 aromatic heterocycles. The molecule has 184 valence electrons. The van der Waals surface area contributed by atoms with Crippen LogP contribution in [0.4, 0.5) is 0 Å². The molecule has 3 heterocycles. The molecule has 1 N–H and O–H groups in total. The van der Waals surface area contributed by atoms with E-state index in [1.165, 1.54) is 0 Å². The Morgan fingerprint density at radius 2 is 2.00 bits per heavy atom. The Balaban J connectivity index is 1.56. The van der Waals surface area contributed by atoms with Crippen LogP contribution in [0, 0.1) is 0 Å². The topological polar surface area (TPSA) is 112 Å². The Morgan fingerprint density at radius 1 is 1.19 bits per heavy atom.